The highest BCUT2D eigenvalue weighted by molar-refractivity contribution is 5.95. The molecule has 0 aliphatic carbocycles. The van der Waals surface area contributed by atoms with Crippen LogP contribution in [0.1, 0.15) is 20.8 Å². The fourth-order valence-corrected chi connectivity index (χ4v) is 1.72. The van der Waals surface area contributed by atoms with Crippen LogP contribution < -0.4 is 16.0 Å². The molecule has 1 saturated heterocycles. The number of rotatable bonds is 6. The predicted octanol–water partition coefficient (Wildman–Crippen LogP) is -0.238. The zero-order valence-electron chi connectivity index (χ0n) is 11.5. The van der Waals surface area contributed by atoms with Crippen molar-refractivity contribution in [3.63, 3.8) is 0 Å². The van der Waals surface area contributed by atoms with Crippen LogP contribution in [0, 0.1) is 5.92 Å². The zero-order valence-corrected chi connectivity index (χ0v) is 11.5. The molecule has 0 unspecified atom stereocenters. The number of imide groups is 1. The molecule has 1 fully saturated rings. The summed E-state index contributed by atoms with van der Waals surface area (Å²) in [6.45, 7) is 9.52. The van der Waals surface area contributed by atoms with Gasteiger partial charge in [0.05, 0.1) is 6.54 Å². The van der Waals surface area contributed by atoms with Crippen molar-refractivity contribution in [2.75, 3.05) is 32.7 Å². The van der Waals surface area contributed by atoms with Gasteiger partial charge in [0, 0.05) is 25.7 Å². The average molecular weight is 256 g/mol. The Kier molecular flexibility index (Phi) is 6.07. The second-order valence-electron chi connectivity index (χ2n) is 5.03. The molecule has 1 aliphatic rings. The van der Waals surface area contributed by atoms with E-state index in [0.29, 0.717) is 18.5 Å². The summed E-state index contributed by atoms with van der Waals surface area (Å²) in [7, 11) is 0. The van der Waals surface area contributed by atoms with Gasteiger partial charge in [0.25, 0.3) is 0 Å². The molecular weight excluding hydrogens is 232 g/mol. The minimum absolute atomic E-state index is 0.245. The van der Waals surface area contributed by atoms with Gasteiger partial charge in [-0.25, -0.2) is 4.79 Å². The van der Waals surface area contributed by atoms with Crippen molar-refractivity contribution in [2.24, 2.45) is 5.92 Å². The highest BCUT2D eigenvalue weighted by atomic mass is 16.2. The largest absolute Gasteiger partial charge is 0.338 e. The number of amides is 3. The van der Waals surface area contributed by atoms with Crippen molar-refractivity contribution in [1.82, 2.24) is 20.9 Å². The zero-order chi connectivity index (χ0) is 13.5. The number of carbonyl (C=O) groups is 2. The van der Waals surface area contributed by atoms with E-state index < -0.39 is 6.03 Å². The van der Waals surface area contributed by atoms with Gasteiger partial charge in [-0.05, 0) is 12.5 Å². The second-order valence-corrected chi connectivity index (χ2v) is 5.03. The Hall–Kier alpha value is -1.14. The molecule has 0 aromatic heterocycles. The molecule has 0 radical (unpaired) electrons. The van der Waals surface area contributed by atoms with E-state index in [2.05, 4.69) is 20.9 Å². The third kappa shape index (κ3) is 5.01. The molecule has 6 heteroatoms. The van der Waals surface area contributed by atoms with Gasteiger partial charge in [0.1, 0.15) is 0 Å². The summed E-state index contributed by atoms with van der Waals surface area (Å²) in [5, 5.41) is 8.18. The Morgan fingerprint density at radius 2 is 2.06 bits per heavy atom. The Bertz CT molecular complexity index is 290. The number of likely N-dealkylation sites (N-methyl/N-ethyl adjacent to an activating group) is 1. The third-order valence-corrected chi connectivity index (χ3v) is 2.95. The summed E-state index contributed by atoms with van der Waals surface area (Å²) in [6, 6.07) is 0.0102. The van der Waals surface area contributed by atoms with Crippen LogP contribution in [0.15, 0.2) is 0 Å². The second kappa shape index (κ2) is 7.33. The minimum atomic E-state index is -0.406. The normalized spacial score (nSPS) is 15.6. The van der Waals surface area contributed by atoms with Gasteiger partial charge in [-0.1, -0.05) is 20.8 Å². The lowest BCUT2D eigenvalue weighted by molar-refractivity contribution is -0.121. The van der Waals surface area contributed by atoms with Crippen LogP contribution in [0.3, 0.4) is 0 Å². The van der Waals surface area contributed by atoms with Crippen LogP contribution in [-0.4, -0.2) is 55.6 Å². The maximum absolute atomic E-state index is 11.7. The molecule has 0 aromatic carbocycles. The van der Waals surface area contributed by atoms with Crippen molar-refractivity contribution in [2.45, 2.75) is 26.8 Å². The van der Waals surface area contributed by atoms with Crippen LogP contribution >= 0.6 is 0 Å². The lowest BCUT2D eigenvalue weighted by atomic mass is 10.1. The summed E-state index contributed by atoms with van der Waals surface area (Å²) in [4.78, 5) is 25.2. The average Bonchev–Trinajstić information content (AvgIpc) is 2.22. The highest BCUT2D eigenvalue weighted by Gasteiger charge is 2.25. The van der Waals surface area contributed by atoms with E-state index in [1.54, 1.807) is 0 Å². The van der Waals surface area contributed by atoms with E-state index in [9.17, 15) is 9.59 Å². The van der Waals surface area contributed by atoms with Crippen molar-refractivity contribution in [3.8, 4) is 0 Å². The lowest BCUT2D eigenvalue weighted by Gasteiger charge is -2.37. The first-order valence-corrected chi connectivity index (χ1v) is 6.55. The summed E-state index contributed by atoms with van der Waals surface area (Å²) < 4.78 is 0. The Balaban J connectivity index is 2.24. The molecule has 1 heterocycles. The van der Waals surface area contributed by atoms with Crippen molar-refractivity contribution < 1.29 is 9.59 Å². The Morgan fingerprint density at radius 1 is 1.39 bits per heavy atom. The summed E-state index contributed by atoms with van der Waals surface area (Å²) >= 11 is 0. The first-order chi connectivity index (χ1) is 8.52. The highest BCUT2D eigenvalue weighted by Crippen LogP contribution is 2.03. The third-order valence-electron chi connectivity index (χ3n) is 2.95. The van der Waals surface area contributed by atoms with Crippen molar-refractivity contribution >= 4 is 11.9 Å². The SMILES string of the molecule is CCN(CC(=O)NC(=O)NCC(C)C)C1CNC1. The van der Waals surface area contributed by atoms with Crippen LogP contribution in [0.4, 0.5) is 4.79 Å². The summed E-state index contributed by atoms with van der Waals surface area (Å²) in [6.07, 6.45) is 0. The monoisotopic (exact) mass is 256 g/mol. The number of carbonyl (C=O) groups excluding carboxylic acids is 2. The van der Waals surface area contributed by atoms with Crippen molar-refractivity contribution in [1.29, 1.82) is 0 Å². The molecule has 0 aromatic rings. The van der Waals surface area contributed by atoms with Gasteiger partial charge in [-0.2, -0.15) is 0 Å². The number of hydrogen-bond acceptors (Lipinski definition) is 4. The molecule has 3 N–H and O–H groups in total. The Labute approximate surface area is 108 Å². The number of nitrogens with zero attached hydrogens (tertiary/aromatic N) is 1. The van der Waals surface area contributed by atoms with E-state index in [4.69, 9.17) is 0 Å². The maximum atomic E-state index is 11.7. The molecule has 0 saturated carbocycles. The van der Waals surface area contributed by atoms with E-state index in [-0.39, 0.29) is 12.5 Å². The molecule has 104 valence electrons. The standard InChI is InChI=1S/C12H24N4O2/c1-4-16(10-6-13-7-10)8-11(17)15-12(18)14-5-9(2)3/h9-10,13H,4-8H2,1-3H3,(H2,14,15,17,18). The molecular formula is C12H24N4O2. The topological polar surface area (TPSA) is 73.5 Å². The predicted molar refractivity (Wildman–Crippen MR) is 70.3 cm³/mol. The Morgan fingerprint density at radius 3 is 2.50 bits per heavy atom. The molecule has 6 nitrogen and oxygen atoms in total. The summed E-state index contributed by atoms with van der Waals surface area (Å²) in [5.74, 6) is 0.129. The minimum Gasteiger partial charge on any atom is -0.338 e. The van der Waals surface area contributed by atoms with Crippen LogP contribution in [-0.2, 0) is 4.79 Å². The number of nitrogens with one attached hydrogen (secondary N) is 3. The smallest absolute Gasteiger partial charge is 0.321 e. The fourth-order valence-electron chi connectivity index (χ4n) is 1.72. The molecule has 1 aliphatic heterocycles. The van der Waals surface area contributed by atoms with Gasteiger partial charge >= 0.3 is 6.03 Å². The van der Waals surface area contributed by atoms with Gasteiger partial charge in [0.2, 0.25) is 5.91 Å². The van der Waals surface area contributed by atoms with Gasteiger partial charge in [-0.15, -0.1) is 0 Å². The van der Waals surface area contributed by atoms with Crippen LogP contribution in [0.2, 0.25) is 0 Å². The van der Waals surface area contributed by atoms with Gasteiger partial charge in [-0.3, -0.25) is 15.0 Å². The van der Waals surface area contributed by atoms with Crippen LogP contribution in [0.25, 0.3) is 0 Å². The molecule has 3 amide bonds. The van der Waals surface area contributed by atoms with Crippen molar-refractivity contribution in [3.05, 3.63) is 0 Å². The number of urea groups is 1. The fraction of sp³-hybridized carbons (Fsp3) is 0.833. The summed E-state index contributed by atoms with van der Waals surface area (Å²) in [5.41, 5.74) is 0. The molecule has 0 atom stereocenters. The first-order valence-electron chi connectivity index (χ1n) is 6.55. The molecule has 0 bridgehead atoms. The van der Waals surface area contributed by atoms with E-state index in [0.717, 1.165) is 19.6 Å². The number of hydrogen-bond donors (Lipinski definition) is 3. The first kappa shape index (κ1) is 14.9. The van der Waals surface area contributed by atoms with Gasteiger partial charge < -0.3 is 10.6 Å². The maximum Gasteiger partial charge on any atom is 0.321 e. The van der Waals surface area contributed by atoms with E-state index >= 15 is 0 Å². The van der Waals surface area contributed by atoms with E-state index in [1.165, 1.54) is 0 Å². The quantitative estimate of drug-likeness (QED) is 0.613. The van der Waals surface area contributed by atoms with Crippen LogP contribution in [0.5, 0.6) is 0 Å². The molecule has 0 spiro atoms. The van der Waals surface area contributed by atoms with Gasteiger partial charge in [0.15, 0.2) is 0 Å². The van der Waals surface area contributed by atoms with E-state index in [1.807, 2.05) is 20.8 Å². The molecule has 18 heavy (non-hydrogen) atoms. The lowest BCUT2D eigenvalue weighted by Crippen LogP contribution is -2.59. The molecule has 1 rings (SSSR count).